The van der Waals surface area contributed by atoms with Gasteiger partial charge in [-0.1, -0.05) is 43.3 Å². The van der Waals surface area contributed by atoms with Crippen LogP contribution in [0.4, 0.5) is 0 Å². The van der Waals surface area contributed by atoms with Crippen molar-refractivity contribution in [3.05, 3.63) is 30.3 Å². The van der Waals surface area contributed by atoms with Gasteiger partial charge in [0.25, 0.3) is 0 Å². The van der Waals surface area contributed by atoms with E-state index in [1.54, 1.807) is 0 Å². The smallest absolute Gasteiger partial charge is 0.306 e. The average Bonchev–Trinajstić information content (AvgIpc) is 2.28. The standard InChI is InChI=1S/C12H16O2S/c1-2-3-9-12(13)14-10-15-11-7-5-4-6-8-11/h4-8H,2-3,9-10H2,1H3. The summed E-state index contributed by atoms with van der Waals surface area (Å²) in [6.45, 7) is 2.06. The zero-order valence-corrected chi connectivity index (χ0v) is 9.76. The van der Waals surface area contributed by atoms with E-state index in [4.69, 9.17) is 4.74 Å². The van der Waals surface area contributed by atoms with E-state index in [1.807, 2.05) is 30.3 Å². The molecule has 1 aromatic rings. The minimum atomic E-state index is -0.0970. The van der Waals surface area contributed by atoms with Gasteiger partial charge in [0.15, 0.2) is 0 Å². The molecule has 0 aliphatic carbocycles. The molecule has 15 heavy (non-hydrogen) atoms. The SMILES string of the molecule is CCCCC(=O)OCSc1ccccc1. The molecule has 0 atom stereocenters. The molecule has 0 heterocycles. The highest BCUT2D eigenvalue weighted by Crippen LogP contribution is 2.17. The number of unbranched alkanes of at least 4 members (excludes halogenated alkanes) is 1. The number of carbonyl (C=O) groups is 1. The van der Waals surface area contributed by atoms with Gasteiger partial charge in [-0.2, -0.15) is 0 Å². The summed E-state index contributed by atoms with van der Waals surface area (Å²) in [6.07, 6.45) is 2.47. The maximum atomic E-state index is 11.2. The highest BCUT2D eigenvalue weighted by Gasteiger charge is 2.01. The summed E-state index contributed by atoms with van der Waals surface area (Å²) >= 11 is 1.54. The van der Waals surface area contributed by atoms with Gasteiger partial charge in [-0.25, -0.2) is 0 Å². The highest BCUT2D eigenvalue weighted by atomic mass is 32.2. The summed E-state index contributed by atoms with van der Waals surface area (Å²) in [5.41, 5.74) is 0. The molecule has 0 radical (unpaired) electrons. The third kappa shape index (κ3) is 5.47. The van der Waals surface area contributed by atoms with Gasteiger partial charge in [0.2, 0.25) is 0 Å². The second kappa shape index (κ2) is 7.35. The molecule has 0 aliphatic heterocycles. The predicted molar refractivity (Wildman–Crippen MR) is 62.8 cm³/mol. The van der Waals surface area contributed by atoms with Gasteiger partial charge in [-0.15, -0.1) is 0 Å². The Balaban J connectivity index is 2.14. The number of carbonyl (C=O) groups excluding carboxylic acids is 1. The van der Waals surface area contributed by atoms with Crippen LogP contribution in [0.1, 0.15) is 26.2 Å². The van der Waals surface area contributed by atoms with E-state index in [-0.39, 0.29) is 5.97 Å². The van der Waals surface area contributed by atoms with Gasteiger partial charge < -0.3 is 4.74 Å². The molecule has 0 unspecified atom stereocenters. The van der Waals surface area contributed by atoms with Crippen LogP contribution in [0, 0.1) is 0 Å². The Morgan fingerprint density at radius 1 is 1.33 bits per heavy atom. The molecule has 0 saturated carbocycles. The monoisotopic (exact) mass is 224 g/mol. The molecule has 2 nitrogen and oxygen atoms in total. The average molecular weight is 224 g/mol. The molecule has 0 N–H and O–H groups in total. The van der Waals surface area contributed by atoms with Crippen molar-refractivity contribution in [2.75, 3.05) is 5.94 Å². The van der Waals surface area contributed by atoms with Crippen molar-refractivity contribution in [1.82, 2.24) is 0 Å². The number of rotatable bonds is 6. The fourth-order valence-electron chi connectivity index (χ4n) is 1.07. The van der Waals surface area contributed by atoms with Crippen LogP contribution in [0.25, 0.3) is 0 Å². The van der Waals surface area contributed by atoms with Crippen LogP contribution in [-0.4, -0.2) is 11.9 Å². The molecule has 1 rings (SSSR count). The maximum Gasteiger partial charge on any atom is 0.306 e. The second-order valence-corrected chi connectivity index (χ2v) is 4.19. The van der Waals surface area contributed by atoms with E-state index >= 15 is 0 Å². The Labute approximate surface area is 95.0 Å². The zero-order chi connectivity index (χ0) is 10.9. The van der Waals surface area contributed by atoms with E-state index in [9.17, 15) is 4.79 Å². The second-order valence-electron chi connectivity index (χ2n) is 3.20. The number of esters is 1. The number of ether oxygens (including phenoxy) is 1. The lowest BCUT2D eigenvalue weighted by atomic mass is 10.3. The van der Waals surface area contributed by atoms with E-state index in [1.165, 1.54) is 11.8 Å². The van der Waals surface area contributed by atoms with E-state index in [0.717, 1.165) is 17.7 Å². The van der Waals surface area contributed by atoms with Crippen LogP contribution < -0.4 is 0 Å². The van der Waals surface area contributed by atoms with Gasteiger partial charge in [0, 0.05) is 11.3 Å². The van der Waals surface area contributed by atoms with E-state index in [0.29, 0.717) is 12.4 Å². The summed E-state index contributed by atoms with van der Waals surface area (Å²) < 4.78 is 5.07. The first-order valence-corrected chi connectivity index (χ1v) is 6.15. The Morgan fingerprint density at radius 3 is 2.73 bits per heavy atom. The van der Waals surface area contributed by atoms with E-state index in [2.05, 4.69) is 6.92 Å². The van der Waals surface area contributed by atoms with Crippen molar-refractivity contribution >= 4 is 17.7 Å². The minimum absolute atomic E-state index is 0.0970. The Bertz CT molecular complexity index is 285. The number of hydrogen-bond acceptors (Lipinski definition) is 3. The van der Waals surface area contributed by atoms with Crippen molar-refractivity contribution in [2.24, 2.45) is 0 Å². The topological polar surface area (TPSA) is 26.3 Å². The lowest BCUT2D eigenvalue weighted by Gasteiger charge is -2.03. The van der Waals surface area contributed by atoms with Gasteiger partial charge in [0.1, 0.15) is 5.94 Å². The first-order chi connectivity index (χ1) is 7.33. The molecule has 0 aromatic heterocycles. The Hall–Kier alpha value is -0.960. The Morgan fingerprint density at radius 2 is 2.07 bits per heavy atom. The van der Waals surface area contributed by atoms with E-state index < -0.39 is 0 Å². The fourth-order valence-corrected chi connectivity index (χ4v) is 1.75. The summed E-state index contributed by atoms with van der Waals surface area (Å²) in [6, 6.07) is 9.93. The van der Waals surface area contributed by atoms with Gasteiger partial charge in [-0.05, 0) is 18.6 Å². The van der Waals surface area contributed by atoms with Gasteiger partial charge >= 0.3 is 5.97 Å². The van der Waals surface area contributed by atoms with Crippen LogP contribution in [0.15, 0.2) is 35.2 Å². The highest BCUT2D eigenvalue weighted by molar-refractivity contribution is 7.99. The largest absolute Gasteiger partial charge is 0.454 e. The normalized spacial score (nSPS) is 9.93. The van der Waals surface area contributed by atoms with Gasteiger partial charge in [-0.3, -0.25) is 4.79 Å². The molecule has 82 valence electrons. The third-order valence-corrected chi connectivity index (χ3v) is 2.76. The van der Waals surface area contributed by atoms with Crippen molar-refractivity contribution < 1.29 is 9.53 Å². The number of hydrogen-bond donors (Lipinski definition) is 0. The van der Waals surface area contributed by atoms with Crippen LogP contribution in [-0.2, 0) is 9.53 Å². The molecule has 0 spiro atoms. The summed E-state index contributed by atoms with van der Waals surface area (Å²) in [7, 11) is 0. The molecule has 0 fully saturated rings. The first-order valence-electron chi connectivity index (χ1n) is 5.16. The first kappa shape index (κ1) is 12.1. The lowest BCUT2D eigenvalue weighted by molar-refractivity contribution is -0.141. The van der Waals surface area contributed by atoms with Crippen LogP contribution in [0.5, 0.6) is 0 Å². The van der Waals surface area contributed by atoms with Gasteiger partial charge in [0.05, 0.1) is 0 Å². The molecule has 0 amide bonds. The van der Waals surface area contributed by atoms with Crippen LogP contribution >= 0.6 is 11.8 Å². The summed E-state index contributed by atoms with van der Waals surface area (Å²) in [4.78, 5) is 12.3. The maximum absolute atomic E-state index is 11.2. The Kier molecular flexibility index (Phi) is 5.93. The zero-order valence-electron chi connectivity index (χ0n) is 8.94. The quantitative estimate of drug-likeness (QED) is 0.420. The number of thioether (sulfide) groups is 1. The summed E-state index contributed by atoms with van der Waals surface area (Å²) in [5, 5.41) is 0. The predicted octanol–water partition coefficient (Wildman–Crippen LogP) is 3.47. The summed E-state index contributed by atoms with van der Waals surface area (Å²) in [5.74, 6) is 0.312. The molecule has 0 saturated heterocycles. The molecule has 3 heteroatoms. The van der Waals surface area contributed by atoms with Crippen molar-refractivity contribution in [1.29, 1.82) is 0 Å². The van der Waals surface area contributed by atoms with Crippen molar-refractivity contribution in [3.63, 3.8) is 0 Å². The fraction of sp³-hybridized carbons (Fsp3) is 0.417. The molecule has 0 bridgehead atoms. The molecular formula is C12H16O2S. The van der Waals surface area contributed by atoms with Crippen molar-refractivity contribution in [3.8, 4) is 0 Å². The molecule has 1 aromatic carbocycles. The third-order valence-electron chi connectivity index (χ3n) is 1.92. The number of benzene rings is 1. The molecular weight excluding hydrogens is 208 g/mol. The van der Waals surface area contributed by atoms with Crippen LogP contribution in [0.3, 0.4) is 0 Å². The van der Waals surface area contributed by atoms with Crippen molar-refractivity contribution in [2.45, 2.75) is 31.1 Å². The molecule has 0 aliphatic rings. The lowest BCUT2D eigenvalue weighted by Crippen LogP contribution is -2.03. The minimum Gasteiger partial charge on any atom is -0.454 e. The van der Waals surface area contributed by atoms with Crippen LogP contribution in [0.2, 0.25) is 0 Å².